The lowest BCUT2D eigenvalue weighted by Gasteiger charge is -2.12. The second-order valence-corrected chi connectivity index (χ2v) is 3.76. The lowest BCUT2D eigenvalue weighted by molar-refractivity contribution is -0.138. The summed E-state index contributed by atoms with van der Waals surface area (Å²) in [5, 5.41) is 0. The molecule has 1 aromatic carbocycles. The molecule has 98 valence electrons. The molecule has 0 unspecified atom stereocenters. The van der Waals surface area contributed by atoms with Crippen LogP contribution in [0.15, 0.2) is 42.7 Å². The molecule has 0 saturated carbocycles. The van der Waals surface area contributed by atoms with Gasteiger partial charge in [-0.05, 0) is 30.3 Å². The summed E-state index contributed by atoms with van der Waals surface area (Å²) in [7, 11) is 0. The monoisotopic (exact) mass is 269 g/mol. The standard InChI is InChI=1S/C13H7F4NO/c14-9-3-4-10(11(6-9)13(15,16)17)12(19)8-2-1-5-18-7-8/h1-7H. The maximum Gasteiger partial charge on any atom is 0.417 e. The molecule has 0 atom stereocenters. The van der Waals surface area contributed by atoms with Crippen molar-refractivity contribution in [2.45, 2.75) is 6.18 Å². The van der Waals surface area contributed by atoms with E-state index < -0.39 is 28.9 Å². The average molecular weight is 269 g/mol. The molecule has 1 heterocycles. The first-order valence-electron chi connectivity index (χ1n) is 5.21. The second kappa shape index (κ2) is 4.79. The lowest BCUT2D eigenvalue weighted by atomic mass is 9.99. The van der Waals surface area contributed by atoms with E-state index in [9.17, 15) is 22.4 Å². The van der Waals surface area contributed by atoms with Crippen molar-refractivity contribution >= 4 is 5.78 Å². The van der Waals surface area contributed by atoms with E-state index in [-0.39, 0.29) is 5.56 Å². The zero-order valence-electron chi connectivity index (χ0n) is 9.41. The molecule has 2 rings (SSSR count). The van der Waals surface area contributed by atoms with E-state index in [2.05, 4.69) is 4.98 Å². The summed E-state index contributed by atoms with van der Waals surface area (Å²) in [5.74, 6) is -1.89. The van der Waals surface area contributed by atoms with E-state index in [0.717, 1.165) is 18.3 Å². The minimum atomic E-state index is -4.80. The Morgan fingerprint density at radius 2 is 1.89 bits per heavy atom. The Morgan fingerprint density at radius 1 is 1.16 bits per heavy atom. The van der Waals surface area contributed by atoms with E-state index in [1.165, 1.54) is 18.3 Å². The van der Waals surface area contributed by atoms with Gasteiger partial charge in [-0.15, -0.1) is 0 Å². The van der Waals surface area contributed by atoms with Gasteiger partial charge >= 0.3 is 6.18 Å². The number of carbonyl (C=O) groups excluding carboxylic acids is 1. The third-order valence-electron chi connectivity index (χ3n) is 2.46. The van der Waals surface area contributed by atoms with Crippen LogP contribution in [0.1, 0.15) is 21.5 Å². The van der Waals surface area contributed by atoms with Crippen molar-refractivity contribution in [1.82, 2.24) is 4.98 Å². The van der Waals surface area contributed by atoms with Gasteiger partial charge in [0.25, 0.3) is 0 Å². The summed E-state index contributed by atoms with van der Waals surface area (Å²) in [6, 6.07) is 4.73. The molecule has 0 aliphatic carbocycles. The molecular formula is C13H7F4NO. The fourth-order valence-electron chi connectivity index (χ4n) is 1.60. The maximum atomic E-state index is 12.9. The topological polar surface area (TPSA) is 30.0 Å². The number of nitrogens with zero attached hydrogens (tertiary/aromatic N) is 1. The van der Waals surface area contributed by atoms with Crippen LogP contribution in [0.25, 0.3) is 0 Å². The number of hydrogen-bond donors (Lipinski definition) is 0. The first kappa shape index (κ1) is 13.2. The molecule has 0 aliphatic rings. The molecule has 0 spiro atoms. The SMILES string of the molecule is O=C(c1cccnc1)c1ccc(F)cc1C(F)(F)F. The van der Waals surface area contributed by atoms with E-state index in [1.54, 1.807) is 0 Å². The van der Waals surface area contributed by atoms with Crippen LogP contribution in [0, 0.1) is 5.82 Å². The molecule has 0 bridgehead atoms. The Balaban J connectivity index is 2.54. The zero-order valence-corrected chi connectivity index (χ0v) is 9.41. The normalized spacial score (nSPS) is 11.4. The largest absolute Gasteiger partial charge is 0.417 e. The number of alkyl halides is 3. The van der Waals surface area contributed by atoms with Gasteiger partial charge in [0.05, 0.1) is 5.56 Å². The van der Waals surface area contributed by atoms with E-state index >= 15 is 0 Å². The number of aromatic nitrogens is 1. The van der Waals surface area contributed by atoms with Gasteiger partial charge in [0.1, 0.15) is 5.82 Å². The Bertz CT molecular complexity index is 608. The van der Waals surface area contributed by atoms with Crippen LogP contribution in [-0.2, 0) is 6.18 Å². The Hall–Kier alpha value is -2.24. The van der Waals surface area contributed by atoms with Crippen molar-refractivity contribution < 1.29 is 22.4 Å². The summed E-state index contributed by atoms with van der Waals surface area (Å²) in [6.45, 7) is 0. The van der Waals surface area contributed by atoms with Crippen LogP contribution >= 0.6 is 0 Å². The van der Waals surface area contributed by atoms with Crippen molar-refractivity contribution in [2.24, 2.45) is 0 Å². The molecule has 0 N–H and O–H groups in total. The van der Waals surface area contributed by atoms with Crippen molar-refractivity contribution in [3.05, 3.63) is 65.2 Å². The van der Waals surface area contributed by atoms with Crippen LogP contribution in [-0.4, -0.2) is 10.8 Å². The second-order valence-electron chi connectivity index (χ2n) is 3.76. The predicted molar refractivity (Wildman–Crippen MR) is 59.1 cm³/mol. The maximum absolute atomic E-state index is 12.9. The summed E-state index contributed by atoms with van der Waals surface area (Å²) >= 11 is 0. The highest BCUT2D eigenvalue weighted by atomic mass is 19.4. The number of hydrogen-bond acceptors (Lipinski definition) is 2. The molecule has 0 saturated heterocycles. The van der Waals surface area contributed by atoms with Gasteiger partial charge in [0, 0.05) is 23.5 Å². The summed E-state index contributed by atoms with van der Waals surface area (Å²) < 4.78 is 51.2. The third kappa shape index (κ3) is 2.78. The van der Waals surface area contributed by atoms with Gasteiger partial charge in [-0.25, -0.2) is 4.39 Å². The first-order valence-corrected chi connectivity index (χ1v) is 5.21. The molecule has 0 aliphatic heterocycles. The quantitative estimate of drug-likeness (QED) is 0.617. The zero-order chi connectivity index (χ0) is 14.0. The van der Waals surface area contributed by atoms with Crippen LogP contribution in [0.2, 0.25) is 0 Å². The van der Waals surface area contributed by atoms with Crippen molar-refractivity contribution in [2.75, 3.05) is 0 Å². The minimum absolute atomic E-state index is 0.0135. The molecule has 19 heavy (non-hydrogen) atoms. The van der Waals surface area contributed by atoms with Gasteiger partial charge < -0.3 is 0 Å². The molecule has 0 amide bonds. The highest BCUT2D eigenvalue weighted by Crippen LogP contribution is 2.33. The molecular weight excluding hydrogens is 262 g/mol. The van der Waals surface area contributed by atoms with Crippen molar-refractivity contribution in [1.29, 1.82) is 0 Å². The van der Waals surface area contributed by atoms with Crippen molar-refractivity contribution in [3.8, 4) is 0 Å². The van der Waals surface area contributed by atoms with E-state index in [1.807, 2.05) is 0 Å². The van der Waals surface area contributed by atoms with Crippen LogP contribution in [0.5, 0.6) is 0 Å². The number of pyridine rings is 1. The molecule has 2 aromatic rings. The Kier molecular flexibility index (Phi) is 3.33. The van der Waals surface area contributed by atoms with Gasteiger partial charge in [0.15, 0.2) is 5.78 Å². The van der Waals surface area contributed by atoms with E-state index in [0.29, 0.717) is 6.07 Å². The fourth-order valence-corrected chi connectivity index (χ4v) is 1.60. The summed E-state index contributed by atoms with van der Waals surface area (Å²) in [4.78, 5) is 15.6. The van der Waals surface area contributed by atoms with Crippen LogP contribution in [0.4, 0.5) is 17.6 Å². The highest BCUT2D eigenvalue weighted by Gasteiger charge is 2.35. The molecule has 0 fully saturated rings. The molecule has 2 nitrogen and oxygen atoms in total. The highest BCUT2D eigenvalue weighted by molar-refractivity contribution is 6.09. The predicted octanol–water partition coefficient (Wildman–Crippen LogP) is 3.47. The molecule has 6 heteroatoms. The number of carbonyl (C=O) groups is 1. The van der Waals surface area contributed by atoms with E-state index in [4.69, 9.17) is 0 Å². The van der Waals surface area contributed by atoms with Crippen LogP contribution < -0.4 is 0 Å². The molecule has 1 aromatic heterocycles. The number of benzene rings is 1. The van der Waals surface area contributed by atoms with Gasteiger partial charge in [-0.2, -0.15) is 13.2 Å². The molecule has 0 radical (unpaired) electrons. The van der Waals surface area contributed by atoms with Crippen molar-refractivity contribution in [3.63, 3.8) is 0 Å². The van der Waals surface area contributed by atoms with Crippen LogP contribution in [0.3, 0.4) is 0 Å². The van der Waals surface area contributed by atoms with Gasteiger partial charge in [-0.1, -0.05) is 0 Å². The number of rotatable bonds is 2. The van der Waals surface area contributed by atoms with Gasteiger partial charge in [-0.3, -0.25) is 9.78 Å². The summed E-state index contributed by atoms with van der Waals surface area (Å²) in [5.41, 5.74) is -1.87. The number of halogens is 4. The number of ketones is 1. The third-order valence-corrected chi connectivity index (χ3v) is 2.46. The average Bonchev–Trinajstić information content (AvgIpc) is 2.38. The smallest absolute Gasteiger partial charge is 0.289 e. The fraction of sp³-hybridized carbons (Fsp3) is 0.0769. The Labute approximate surface area is 105 Å². The summed E-state index contributed by atoms with van der Waals surface area (Å²) in [6.07, 6.45) is -2.24. The van der Waals surface area contributed by atoms with Gasteiger partial charge in [0.2, 0.25) is 0 Å². The first-order chi connectivity index (χ1) is 8.89. The minimum Gasteiger partial charge on any atom is -0.289 e. The lowest BCUT2D eigenvalue weighted by Crippen LogP contribution is -2.14. The Morgan fingerprint density at radius 3 is 2.47 bits per heavy atom.